The minimum Gasteiger partial charge on any atom is -0.495 e. The lowest BCUT2D eigenvalue weighted by atomic mass is 10.2. The van der Waals surface area contributed by atoms with Crippen molar-refractivity contribution in [3.8, 4) is 5.75 Å². The molecule has 0 saturated carbocycles. The highest BCUT2D eigenvalue weighted by atomic mass is 35.5. The van der Waals surface area contributed by atoms with E-state index in [-0.39, 0.29) is 5.37 Å². The maximum absolute atomic E-state index is 6.00. The van der Waals surface area contributed by atoms with Gasteiger partial charge in [-0.15, -0.1) is 0 Å². The van der Waals surface area contributed by atoms with Crippen molar-refractivity contribution in [2.24, 2.45) is 0 Å². The Morgan fingerprint density at radius 1 is 1.43 bits per heavy atom. The van der Waals surface area contributed by atoms with Gasteiger partial charge in [0.15, 0.2) is 0 Å². The number of methoxy groups -OCH3 is 1. The SMILES string of the molecule is COc1ccc(C(S)N(C)C)cc1Cl. The van der Waals surface area contributed by atoms with Gasteiger partial charge in [-0.25, -0.2) is 0 Å². The second-order valence-electron chi connectivity index (χ2n) is 3.23. The van der Waals surface area contributed by atoms with Crippen LogP contribution in [0.5, 0.6) is 5.75 Å². The number of rotatable bonds is 3. The first-order chi connectivity index (χ1) is 6.56. The molecular weight excluding hydrogens is 218 g/mol. The number of ether oxygens (including phenoxy) is 1. The Kier molecular flexibility index (Phi) is 4.11. The summed E-state index contributed by atoms with van der Waals surface area (Å²) in [5.74, 6) is 0.690. The third kappa shape index (κ3) is 2.56. The van der Waals surface area contributed by atoms with Crippen LogP contribution in [0.3, 0.4) is 0 Å². The van der Waals surface area contributed by atoms with E-state index >= 15 is 0 Å². The Labute approximate surface area is 95.2 Å². The first kappa shape index (κ1) is 11.7. The van der Waals surface area contributed by atoms with Crippen LogP contribution in [0.4, 0.5) is 0 Å². The normalized spacial score (nSPS) is 13.0. The molecule has 0 bridgehead atoms. The molecule has 1 unspecified atom stereocenters. The highest BCUT2D eigenvalue weighted by molar-refractivity contribution is 7.80. The molecule has 14 heavy (non-hydrogen) atoms. The van der Waals surface area contributed by atoms with E-state index in [4.69, 9.17) is 16.3 Å². The lowest BCUT2D eigenvalue weighted by Gasteiger charge is -2.19. The van der Waals surface area contributed by atoms with Gasteiger partial charge in [-0.2, -0.15) is 12.6 Å². The van der Waals surface area contributed by atoms with Gasteiger partial charge >= 0.3 is 0 Å². The Hall–Kier alpha value is -0.380. The number of thiol groups is 1. The second-order valence-corrected chi connectivity index (χ2v) is 4.13. The molecule has 0 fully saturated rings. The minimum absolute atomic E-state index is 0.0541. The topological polar surface area (TPSA) is 12.5 Å². The zero-order valence-corrected chi connectivity index (χ0v) is 10.1. The molecule has 4 heteroatoms. The van der Waals surface area contributed by atoms with Crippen LogP contribution in [0.25, 0.3) is 0 Å². The quantitative estimate of drug-likeness (QED) is 0.635. The van der Waals surface area contributed by atoms with Crippen molar-refractivity contribution in [3.05, 3.63) is 28.8 Å². The van der Waals surface area contributed by atoms with E-state index in [1.54, 1.807) is 7.11 Å². The molecule has 0 amide bonds. The highest BCUT2D eigenvalue weighted by Gasteiger charge is 2.10. The summed E-state index contributed by atoms with van der Waals surface area (Å²) in [6, 6.07) is 5.69. The second kappa shape index (κ2) is 4.91. The smallest absolute Gasteiger partial charge is 0.137 e. The van der Waals surface area contributed by atoms with Crippen molar-refractivity contribution >= 4 is 24.2 Å². The van der Waals surface area contributed by atoms with Gasteiger partial charge in [0.05, 0.1) is 17.5 Å². The molecule has 0 spiro atoms. The first-order valence-electron chi connectivity index (χ1n) is 4.24. The van der Waals surface area contributed by atoms with E-state index in [0.29, 0.717) is 10.8 Å². The molecule has 78 valence electrons. The zero-order valence-electron chi connectivity index (χ0n) is 8.49. The van der Waals surface area contributed by atoms with E-state index in [1.165, 1.54) is 0 Å². The Bertz CT molecular complexity index is 317. The molecule has 0 aliphatic rings. The van der Waals surface area contributed by atoms with Gasteiger partial charge in [-0.05, 0) is 31.8 Å². The Morgan fingerprint density at radius 2 is 2.07 bits per heavy atom. The molecule has 0 aromatic heterocycles. The van der Waals surface area contributed by atoms with Crippen molar-refractivity contribution in [1.29, 1.82) is 0 Å². The lowest BCUT2D eigenvalue weighted by molar-refractivity contribution is 0.392. The fraction of sp³-hybridized carbons (Fsp3) is 0.400. The van der Waals surface area contributed by atoms with Crippen LogP contribution in [0, 0.1) is 0 Å². The molecule has 0 radical (unpaired) electrons. The van der Waals surface area contributed by atoms with Gasteiger partial charge in [0.25, 0.3) is 0 Å². The fourth-order valence-corrected chi connectivity index (χ4v) is 1.57. The summed E-state index contributed by atoms with van der Waals surface area (Å²) in [5.41, 5.74) is 1.06. The zero-order chi connectivity index (χ0) is 10.7. The van der Waals surface area contributed by atoms with Gasteiger partial charge in [-0.3, -0.25) is 4.90 Å². The van der Waals surface area contributed by atoms with Crippen molar-refractivity contribution < 1.29 is 4.74 Å². The molecule has 0 heterocycles. The number of benzene rings is 1. The van der Waals surface area contributed by atoms with Crippen molar-refractivity contribution in [3.63, 3.8) is 0 Å². The summed E-state index contributed by atoms with van der Waals surface area (Å²) >= 11 is 10.5. The molecule has 0 N–H and O–H groups in total. The van der Waals surface area contributed by atoms with Crippen LogP contribution >= 0.6 is 24.2 Å². The van der Waals surface area contributed by atoms with Crippen LogP contribution in [-0.4, -0.2) is 26.1 Å². The number of halogens is 1. The number of nitrogens with zero attached hydrogens (tertiary/aromatic N) is 1. The average Bonchev–Trinajstić information content (AvgIpc) is 2.16. The lowest BCUT2D eigenvalue weighted by Crippen LogP contribution is -2.14. The van der Waals surface area contributed by atoms with Crippen LogP contribution in [-0.2, 0) is 0 Å². The maximum Gasteiger partial charge on any atom is 0.137 e. The van der Waals surface area contributed by atoms with Crippen LogP contribution in [0.1, 0.15) is 10.9 Å². The summed E-state index contributed by atoms with van der Waals surface area (Å²) in [4.78, 5) is 2.00. The third-order valence-corrected chi connectivity index (χ3v) is 3.02. The van der Waals surface area contributed by atoms with E-state index in [2.05, 4.69) is 12.6 Å². The average molecular weight is 232 g/mol. The summed E-state index contributed by atoms with van der Waals surface area (Å²) < 4.78 is 5.07. The monoisotopic (exact) mass is 231 g/mol. The molecule has 2 nitrogen and oxygen atoms in total. The molecular formula is C10H14ClNOS. The van der Waals surface area contributed by atoms with Gasteiger partial charge < -0.3 is 4.74 Å². The highest BCUT2D eigenvalue weighted by Crippen LogP contribution is 2.30. The van der Waals surface area contributed by atoms with Gasteiger partial charge in [0.2, 0.25) is 0 Å². The summed E-state index contributed by atoms with van der Waals surface area (Å²) in [6.07, 6.45) is 0. The molecule has 0 aliphatic heterocycles. The Morgan fingerprint density at radius 3 is 2.50 bits per heavy atom. The van der Waals surface area contributed by atoms with E-state index in [0.717, 1.165) is 5.56 Å². The van der Waals surface area contributed by atoms with E-state index in [9.17, 15) is 0 Å². The Balaban J connectivity index is 2.96. The van der Waals surface area contributed by atoms with Crippen LogP contribution < -0.4 is 4.74 Å². The number of hydrogen-bond donors (Lipinski definition) is 1. The summed E-state index contributed by atoms with van der Waals surface area (Å²) in [7, 11) is 5.54. The third-order valence-electron chi connectivity index (χ3n) is 1.96. The molecule has 0 aliphatic carbocycles. The fourth-order valence-electron chi connectivity index (χ4n) is 1.14. The molecule has 1 rings (SSSR count). The van der Waals surface area contributed by atoms with Crippen molar-refractivity contribution in [1.82, 2.24) is 4.90 Å². The standard InChI is InChI=1S/C10H14ClNOS/c1-12(2)10(14)7-4-5-9(13-3)8(11)6-7/h4-6,10,14H,1-3H3. The molecule has 1 atom stereocenters. The van der Waals surface area contributed by atoms with Crippen molar-refractivity contribution in [2.75, 3.05) is 21.2 Å². The number of hydrogen-bond acceptors (Lipinski definition) is 3. The molecule has 0 saturated heterocycles. The molecule has 1 aromatic rings. The molecule has 1 aromatic carbocycles. The van der Waals surface area contributed by atoms with Crippen LogP contribution in [0.2, 0.25) is 5.02 Å². The predicted molar refractivity (Wildman–Crippen MR) is 63.4 cm³/mol. The van der Waals surface area contributed by atoms with E-state index < -0.39 is 0 Å². The van der Waals surface area contributed by atoms with Crippen molar-refractivity contribution in [2.45, 2.75) is 5.37 Å². The summed E-state index contributed by atoms with van der Waals surface area (Å²) in [6.45, 7) is 0. The summed E-state index contributed by atoms with van der Waals surface area (Å²) in [5, 5.41) is 0.671. The maximum atomic E-state index is 6.00. The van der Waals surface area contributed by atoms with Gasteiger partial charge in [0, 0.05) is 0 Å². The largest absolute Gasteiger partial charge is 0.495 e. The van der Waals surface area contributed by atoms with Crippen LogP contribution in [0.15, 0.2) is 18.2 Å². The predicted octanol–water partition coefficient (Wildman–Crippen LogP) is 2.84. The van der Waals surface area contributed by atoms with Gasteiger partial charge in [-0.1, -0.05) is 17.7 Å². The first-order valence-corrected chi connectivity index (χ1v) is 5.13. The van der Waals surface area contributed by atoms with Gasteiger partial charge in [0.1, 0.15) is 5.75 Å². The van der Waals surface area contributed by atoms with E-state index in [1.807, 2.05) is 37.2 Å². The minimum atomic E-state index is 0.0541.